The fraction of sp³-hybridized carbons (Fsp3) is 0.375. The van der Waals surface area contributed by atoms with Crippen LogP contribution in [0.3, 0.4) is 0 Å². The molecule has 0 amide bonds. The van der Waals surface area contributed by atoms with Crippen molar-refractivity contribution < 1.29 is 4.74 Å². The third kappa shape index (κ3) is 3.56. The molecule has 0 radical (unpaired) electrons. The molecule has 0 aliphatic carbocycles. The molecule has 0 saturated carbocycles. The molecule has 1 aromatic carbocycles. The van der Waals surface area contributed by atoms with Gasteiger partial charge in [-0.3, -0.25) is 5.84 Å². The zero-order chi connectivity index (χ0) is 15.2. The number of hydrogen-bond acceptors (Lipinski definition) is 5. The Bertz CT molecular complexity index is 601. The summed E-state index contributed by atoms with van der Waals surface area (Å²) in [6.45, 7) is 6.60. The predicted octanol–water partition coefficient (Wildman–Crippen LogP) is 2.30. The number of aryl methyl sites for hydroxylation is 2. The maximum Gasteiger partial charge on any atom is 0.119 e. The zero-order valence-electron chi connectivity index (χ0n) is 12.8. The Kier molecular flexibility index (Phi) is 5.25. The number of hydrazine groups is 1. The Balaban J connectivity index is 2.44. The second-order valence-electron chi connectivity index (χ2n) is 4.85. The molecule has 112 valence electrons. The first-order chi connectivity index (χ1) is 10.2. The Morgan fingerprint density at radius 2 is 2.05 bits per heavy atom. The van der Waals surface area contributed by atoms with Crippen LogP contribution in [0.15, 0.2) is 30.3 Å². The van der Waals surface area contributed by atoms with Gasteiger partial charge in [-0.15, -0.1) is 0 Å². The topological polar surface area (TPSA) is 73.1 Å². The van der Waals surface area contributed by atoms with Crippen LogP contribution >= 0.6 is 0 Å². The van der Waals surface area contributed by atoms with Gasteiger partial charge in [-0.2, -0.15) is 10.2 Å². The molecular formula is C16H22N4O. The first kappa shape index (κ1) is 15.4. The third-order valence-electron chi connectivity index (χ3n) is 3.34. The SMILES string of the molecule is CCOc1cccc(C(NN)c2cc(C)nnc2CC)c1. The van der Waals surface area contributed by atoms with Gasteiger partial charge in [0.05, 0.1) is 24.0 Å². The lowest BCUT2D eigenvalue weighted by Gasteiger charge is -2.20. The lowest BCUT2D eigenvalue weighted by molar-refractivity contribution is 0.339. The van der Waals surface area contributed by atoms with Crippen molar-refractivity contribution in [2.24, 2.45) is 5.84 Å². The number of benzene rings is 1. The molecule has 0 fully saturated rings. The van der Waals surface area contributed by atoms with E-state index in [1.807, 2.05) is 44.2 Å². The van der Waals surface area contributed by atoms with Gasteiger partial charge >= 0.3 is 0 Å². The summed E-state index contributed by atoms with van der Waals surface area (Å²) in [7, 11) is 0. The smallest absolute Gasteiger partial charge is 0.119 e. The van der Waals surface area contributed by atoms with E-state index in [1.54, 1.807) is 0 Å². The minimum Gasteiger partial charge on any atom is -0.494 e. The summed E-state index contributed by atoms with van der Waals surface area (Å²) in [5.74, 6) is 6.64. The van der Waals surface area contributed by atoms with Crippen LogP contribution in [-0.4, -0.2) is 16.8 Å². The monoisotopic (exact) mass is 286 g/mol. The van der Waals surface area contributed by atoms with Gasteiger partial charge in [0.15, 0.2) is 0 Å². The Morgan fingerprint density at radius 3 is 2.71 bits per heavy atom. The number of nitrogens with zero attached hydrogens (tertiary/aromatic N) is 2. The number of hydrogen-bond donors (Lipinski definition) is 2. The van der Waals surface area contributed by atoms with E-state index in [9.17, 15) is 0 Å². The van der Waals surface area contributed by atoms with Crippen LogP contribution in [-0.2, 0) is 6.42 Å². The lowest BCUT2D eigenvalue weighted by Crippen LogP contribution is -2.30. The highest BCUT2D eigenvalue weighted by atomic mass is 16.5. The standard InChI is InChI=1S/C16H22N4O/c1-4-15-14(9-11(3)19-20-15)16(18-17)12-7-6-8-13(10-12)21-5-2/h6-10,16,18H,4-5,17H2,1-3H3. The van der Waals surface area contributed by atoms with E-state index in [2.05, 4.69) is 22.5 Å². The Morgan fingerprint density at radius 1 is 1.24 bits per heavy atom. The van der Waals surface area contributed by atoms with Crippen LogP contribution in [0.5, 0.6) is 5.75 Å². The first-order valence-electron chi connectivity index (χ1n) is 7.21. The molecule has 1 atom stereocenters. The largest absolute Gasteiger partial charge is 0.494 e. The number of rotatable bonds is 6. The van der Waals surface area contributed by atoms with Crippen LogP contribution in [0.1, 0.15) is 42.4 Å². The van der Waals surface area contributed by atoms with Gasteiger partial charge in [0.2, 0.25) is 0 Å². The van der Waals surface area contributed by atoms with Crippen molar-refractivity contribution in [2.75, 3.05) is 6.61 Å². The fourth-order valence-electron chi connectivity index (χ4n) is 2.38. The van der Waals surface area contributed by atoms with Gasteiger partial charge in [-0.05, 0) is 44.0 Å². The van der Waals surface area contributed by atoms with Gasteiger partial charge in [0, 0.05) is 5.56 Å². The highest BCUT2D eigenvalue weighted by Gasteiger charge is 2.18. The van der Waals surface area contributed by atoms with Gasteiger partial charge < -0.3 is 4.74 Å². The molecule has 0 aliphatic rings. The predicted molar refractivity (Wildman–Crippen MR) is 82.9 cm³/mol. The van der Waals surface area contributed by atoms with E-state index in [0.29, 0.717) is 6.61 Å². The molecule has 0 bridgehead atoms. The van der Waals surface area contributed by atoms with Crippen molar-refractivity contribution in [3.8, 4) is 5.75 Å². The van der Waals surface area contributed by atoms with Gasteiger partial charge in [-0.25, -0.2) is 5.43 Å². The van der Waals surface area contributed by atoms with E-state index in [-0.39, 0.29) is 6.04 Å². The Hall–Kier alpha value is -1.98. The normalized spacial score (nSPS) is 12.2. The van der Waals surface area contributed by atoms with Crippen molar-refractivity contribution in [3.05, 3.63) is 52.8 Å². The van der Waals surface area contributed by atoms with E-state index in [1.165, 1.54) is 0 Å². The molecule has 1 unspecified atom stereocenters. The summed E-state index contributed by atoms with van der Waals surface area (Å²) in [6, 6.07) is 9.85. The molecule has 2 rings (SSSR count). The van der Waals surface area contributed by atoms with E-state index in [4.69, 9.17) is 10.6 Å². The maximum atomic E-state index is 5.80. The lowest BCUT2D eigenvalue weighted by atomic mass is 9.96. The molecule has 21 heavy (non-hydrogen) atoms. The van der Waals surface area contributed by atoms with Crippen molar-refractivity contribution in [1.82, 2.24) is 15.6 Å². The maximum absolute atomic E-state index is 5.80. The second-order valence-corrected chi connectivity index (χ2v) is 4.85. The number of ether oxygens (including phenoxy) is 1. The van der Waals surface area contributed by atoms with Crippen molar-refractivity contribution in [2.45, 2.75) is 33.2 Å². The molecule has 5 nitrogen and oxygen atoms in total. The summed E-state index contributed by atoms with van der Waals surface area (Å²) >= 11 is 0. The molecule has 0 aliphatic heterocycles. The highest BCUT2D eigenvalue weighted by molar-refractivity contribution is 5.38. The van der Waals surface area contributed by atoms with E-state index >= 15 is 0 Å². The third-order valence-corrected chi connectivity index (χ3v) is 3.34. The summed E-state index contributed by atoms with van der Waals surface area (Å²) in [5.41, 5.74) is 6.81. The van der Waals surface area contributed by atoms with Crippen LogP contribution < -0.4 is 16.0 Å². The van der Waals surface area contributed by atoms with Crippen LogP contribution in [0.25, 0.3) is 0 Å². The number of nitrogens with two attached hydrogens (primary N) is 1. The summed E-state index contributed by atoms with van der Waals surface area (Å²) in [6.07, 6.45) is 0.811. The molecule has 1 heterocycles. The van der Waals surface area contributed by atoms with Gasteiger partial charge in [0.1, 0.15) is 5.75 Å². The molecule has 3 N–H and O–H groups in total. The van der Waals surface area contributed by atoms with Crippen molar-refractivity contribution in [1.29, 1.82) is 0 Å². The quantitative estimate of drug-likeness (QED) is 0.629. The van der Waals surface area contributed by atoms with Gasteiger partial charge in [0.25, 0.3) is 0 Å². The van der Waals surface area contributed by atoms with Crippen LogP contribution in [0.4, 0.5) is 0 Å². The molecule has 0 spiro atoms. The summed E-state index contributed by atoms with van der Waals surface area (Å²) in [5, 5.41) is 8.40. The highest BCUT2D eigenvalue weighted by Crippen LogP contribution is 2.26. The fourth-order valence-corrected chi connectivity index (χ4v) is 2.38. The molecule has 1 aromatic heterocycles. The summed E-state index contributed by atoms with van der Waals surface area (Å²) < 4.78 is 5.56. The molecule has 2 aromatic rings. The molecule has 5 heteroatoms. The Labute approximate surface area is 125 Å². The number of nitrogens with one attached hydrogen (secondary N) is 1. The van der Waals surface area contributed by atoms with Crippen LogP contribution in [0, 0.1) is 6.92 Å². The molecule has 0 saturated heterocycles. The minimum atomic E-state index is -0.130. The van der Waals surface area contributed by atoms with E-state index < -0.39 is 0 Å². The number of aromatic nitrogens is 2. The van der Waals surface area contributed by atoms with E-state index in [0.717, 1.165) is 34.7 Å². The van der Waals surface area contributed by atoms with Crippen molar-refractivity contribution >= 4 is 0 Å². The first-order valence-corrected chi connectivity index (χ1v) is 7.21. The average Bonchev–Trinajstić information content (AvgIpc) is 2.49. The van der Waals surface area contributed by atoms with Gasteiger partial charge in [-0.1, -0.05) is 19.1 Å². The van der Waals surface area contributed by atoms with Crippen molar-refractivity contribution in [3.63, 3.8) is 0 Å². The minimum absolute atomic E-state index is 0.130. The van der Waals surface area contributed by atoms with Crippen LogP contribution in [0.2, 0.25) is 0 Å². The second kappa shape index (κ2) is 7.15. The molecular weight excluding hydrogens is 264 g/mol. The zero-order valence-corrected chi connectivity index (χ0v) is 12.8. The average molecular weight is 286 g/mol. The summed E-state index contributed by atoms with van der Waals surface area (Å²) in [4.78, 5) is 0.